The molecule has 20 N–H and O–H groups in total. The second-order valence-corrected chi connectivity index (χ2v) is 31.0. The second kappa shape index (κ2) is 47.4. The van der Waals surface area contributed by atoms with Gasteiger partial charge in [0.2, 0.25) is 70.9 Å². The molecule has 0 aliphatic carbocycles. The van der Waals surface area contributed by atoms with Gasteiger partial charge in [0.25, 0.3) is 0 Å². The molecule has 40 heteroatoms. The number of nitrogens with zero attached hydrogens (tertiary/aromatic N) is 2. The number of carboxylic acids is 1. The number of aromatic nitrogens is 1. The smallest absolute Gasteiger partial charge is 0.430 e. The highest BCUT2D eigenvalue weighted by atomic mass is 35.5. The van der Waals surface area contributed by atoms with Crippen molar-refractivity contribution in [2.75, 3.05) is 30.3 Å². The van der Waals surface area contributed by atoms with E-state index in [1.807, 2.05) is 56.3 Å². The number of halogens is 4. The normalized spacial score (nSPS) is 15.9. The van der Waals surface area contributed by atoms with Crippen molar-refractivity contribution in [1.29, 1.82) is 0 Å². The summed E-state index contributed by atoms with van der Waals surface area (Å²) in [5.74, 6) is -13.7. The Kier molecular flexibility index (Phi) is 37.5. The summed E-state index contributed by atoms with van der Waals surface area (Å²) in [7, 11) is 0. The molecule has 0 unspecified atom stereocenters. The summed E-state index contributed by atoms with van der Waals surface area (Å²) >= 11 is 6.27. The van der Waals surface area contributed by atoms with Crippen molar-refractivity contribution >= 4 is 129 Å². The molecule has 2 saturated heterocycles. The fourth-order valence-corrected chi connectivity index (χ4v) is 13.5. The number of amides is 17. The molecule has 8 rings (SSSR count). The number of rotatable bonds is 41. The van der Waals surface area contributed by atoms with Crippen LogP contribution in [0.4, 0.5) is 34.1 Å². The van der Waals surface area contributed by atoms with Crippen LogP contribution in [-0.2, 0) is 99.2 Å². The van der Waals surface area contributed by atoms with Gasteiger partial charge < -0.3 is 94.8 Å². The number of urea groups is 2. The highest BCUT2D eigenvalue weighted by Gasteiger charge is 2.41. The number of unbranched alkanes of at least 4 members (excludes halogenated alkanes) is 1. The number of carbonyl (C=O) groups is 16. The SMILES string of the molecule is CC(=O)N[C@H](Cc1ccc2ccccc2c1)C(=O)N[C@H](Cc1ccc(Cl)cc1)C(=O)N[C@H](Cc1cccnc1)C(=O)N[C@@H](CO)C(=O)N[C@@H](Cc1ccc(NC(=O)[C@H]2CC(=O)NC(=O)N2)cc1)C(=O)N[C@H](Cc1ccc(NC(N)=O)cc1)C(=O)N[C@@H](CC(C)C)C(=O)N[C@@H](CCCCNC(C)C)C(=O)N1CCC[C@H]1C(=O)N[C@H](C)C([NH3+])=O.O=C([O-])C(F)(F)F. The predicted molar refractivity (Wildman–Crippen MR) is 444 cm³/mol. The summed E-state index contributed by atoms with van der Waals surface area (Å²) in [6.07, 6.45) is -2.08. The van der Waals surface area contributed by atoms with Crippen molar-refractivity contribution in [2.45, 2.75) is 197 Å². The number of carbonyl (C=O) groups excluding carboxylic acids is 16. The molecule has 11 atom stereocenters. The van der Waals surface area contributed by atoms with E-state index in [-0.39, 0.29) is 86.8 Å². The zero-order valence-electron chi connectivity index (χ0n) is 69.0. The first-order chi connectivity index (χ1) is 58.7. The molecule has 2 aliphatic rings. The number of alkyl halides is 3. The minimum atomic E-state index is -5.19. The third kappa shape index (κ3) is 32.1. The summed E-state index contributed by atoms with van der Waals surface area (Å²) in [6.45, 7) is 9.85. The van der Waals surface area contributed by atoms with Gasteiger partial charge in [-0.25, -0.2) is 14.4 Å². The molecule has 0 spiro atoms. The third-order valence-electron chi connectivity index (χ3n) is 19.7. The van der Waals surface area contributed by atoms with Gasteiger partial charge in [-0.2, -0.15) is 13.2 Å². The van der Waals surface area contributed by atoms with Gasteiger partial charge in [0.05, 0.1) is 13.0 Å². The van der Waals surface area contributed by atoms with Crippen LogP contribution < -0.4 is 91.0 Å². The number of aliphatic carboxylic acids is 1. The number of aliphatic hydroxyl groups excluding tert-OH is 1. The number of nitrogens with two attached hydrogens (primary N) is 1. The summed E-state index contributed by atoms with van der Waals surface area (Å²) in [5, 5.41) is 59.3. The lowest BCUT2D eigenvalue weighted by molar-refractivity contribution is -0.344. The number of carboxylic acid groups (broad SMARTS) is 1. The van der Waals surface area contributed by atoms with E-state index in [9.17, 15) is 75.8 Å². The number of aliphatic hydroxyl groups is 1. The van der Waals surface area contributed by atoms with Gasteiger partial charge in [0.1, 0.15) is 72.4 Å². The molecule has 5 aromatic carbocycles. The van der Waals surface area contributed by atoms with Crippen LogP contribution in [0, 0.1) is 5.92 Å². The lowest BCUT2D eigenvalue weighted by Crippen LogP contribution is -2.66. The van der Waals surface area contributed by atoms with E-state index in [4.69, 9.17) is 27.2 Å². The summed E-state index contributed by atoms with van der Waals surface area (Å²) < 4.78 is 31.5. The second-order valence-electron chi connectivity index (χ2n) is 30.6. The van der Waals surface area contributed by atoms with Crippen molar-refractivity contribution in [1.82, 2.24) is 73.7 Å². The zero-order valence-corrected chi connectivity index (χ0v) is 69.7. The quantitative estimate of drug-likeness (QED) is 0.0226. The molecule has 0 radical (unpaired) electrons. The van der Waals surface area contributed by atoms with Gasteiger partial charge in [-0.15, -0.1) is 0 Å². The van der Waals surface area contributed by atoms with Gasteiger partial charge >= 0.3 is 24.1 Å². The lowest BCUT2D eigenvalue weighted by atomic mass is 9.99. The van der Waals surface area contributed by atoms with Crippen LogP contribution in [0.1, 0.15) is 114 Å². The molecule has 666 valence electrons. The van der Waals surface area contributed by atoms with Crippen molar-refractivity contribution in [3.63, 3.8) is 0 Å². The predicted octanol–water partition coefficient (Wildman–Crippen LogP) is 0.0965. The summed E-state index contributed by atoms with van der Waals surface area (Å²) in [4.78, 5) is 222. The molecule has 0 saturated carbocycles. The number of imide groups is 1. The van der Waals surface area contributed by atoms with Gasteiger partial charge in [-0.05, 0) is 139 Å². The van der Waals surface area contributed by atoms with E-state index in [1.165, 1.54) is 79.7 Å². The van der Waals surface area contributed by atoms with Crippen LogP contribution >= 0.6 is 11.6 Å². The first kappa shape index (κ1) is 98.1. The molecule has 17 amide bonds. The van der Waals surface area contributed by atoms with Crippen LogP contribution in [-0.4, -0.2) is 208 Å². The molecule has 2 aliphatic heterocycles. The average Bonchev–Trinajstić information content (AvgIpc) is 1.45. The molecule has 36 nitrogen and oxygen atoms in total. The number of hydrogen-bond acceptors (Lipinski definition) is 20. The monoisotopic (exact) mass is 1740 g/mol. The molecule has 124 heavy (non-hydrogen) atoms. The largest absolute Gasteiger partial charge is 0.542 e. The maximum Gasteiger partial charge on any atom is 0.430 e. The Bertz CT molecular complexity index is 4770. The number of fused-ring (bicyclic) bond motifs is 1. The standard InChI is InChI=1S/C82H103ClN18O16.C2HF3O2/c1-45(2)35-60(72(107)92-59(16-9-10-33-87-46(3)4)80(115)101-34-12-17-68(101)79(114)88-47(5)70(84)105)93-74(109)63(38-51-23-30-58(31-24-51)91-81(85)116)95-76(111)64(39-50-21-28-57(29-22-50)90-71(106)66-42-69(104)100-82(117)99-66)97-78(113)67(44-102)98-77(112)65(41-53-13-11-32-86-43-53)96-75(110)62(37-49-19-26-56(83)27-20-49)94-73(108)61(89-48(6)103)40-52-18-25-54-14-7-8-15-55(54)36-52;3-2(4,5)1(6)7/h7-8,11,13-15,18-32,36,43,45-47,59-68,87,102H,9-10,12,16-17,33-35,37-42,44H2,1-6H3,(H2,84,105)(H,88,114)(H,89,103)(H,90,106)(H,92,107)(H,93,109)(H,94,108)(H,95,111)(H,96,110)(H,97,113)(H,98,112)(H3,85,91,116)(H2,99,100,104,117);(H,6,7)/t47-,59+,60+,61-,62-,63-,64+,65-,66-,67+,68+;/m1./s1. The minimum Gasteiger partial charge on any atom is -0.542 e. The first-order valence-corrected chi connectivity index (χ1v) is 40.4. The van der Waals surface area contributed by atoms with Crippen LogP contribution in [0.25, 0.3) is 10.8 Å². The highest BCUT2D eigenvalue weighted by molar-refractivity contribution is 6.30. The Hall–Kier alpha value is -13.0. The summed E-state index contributed by atoms with van der Waals surface area (Å²) in [5.41, 5.74) is 11.5. The zero-order chi connectivity index (χ0) is 91.1. The molecular formula is C84H104ClF3N18O18. The van der Waals surface area contributed by atoms with Crippen molar-refractivity contribution in [3.05, 3.63) is 173 Å². The summed E-state index contributed by atoms with van der Waals surface area (Å²) in [6, 6.07) is 17.5. The Labute approximate surface area is 716 Å². The Morgan fingerprint density at radius 2 is 1.05 bits per heavy atom. The van der Waals surface area contributed by atoms with E-state index in [0.717, 1.165) is 10.8 Å². The van der Waals surface area contributed by atoms with Crippen LogP contribution in [0.15, 0.2) is 140 Å². The highest BCUT2D eigenvalue weighted by Crippen LogP contribution is 2.24. The van der Waals surface area contributed by atoms with Crippen LogP contribution in [0.2, 0.25) is 5.02 Å². The van der Waals surface area contributed by atoms with E-state index < -0.39 is 180 Å². The average molecular weight is 1750 g/mol. The van der Waals surface area contributed by atoms with Crippen LogP contribution in [0.3, 0.4) is 0 Å². The number of pyridine rings is 1. The Balaban J connectivity index is 0.00000289. The van der Waals surface area contributed by atoms with Gasteiger partial charge in [0.15, 0.2) is 0 Å². The Morgan fingerprint density at radius 1 is 0.581 bits per heavy atom. The Morgan fingerprint density at radius 3 is 1.53 bits per heavy atom. The van der Waals surface area contributed by atoms with E-state index >= 15 is 14.4 Å². The van der Waals surface area contributed by atoms with E-state index in [2.05, 4.69) is 85.2 Å². The van der Waals surface area contributed by atoms with Crippen LogP contribution in [0.5, 0.6) is 0 Å². The first-order valence-electron chi connectivity index (χ1n) is 40.0. The molecule has 3 heterocycles. The number of primary amides is 1. The van der Waals surface area contributed by atoms with Gasteiger partial charge in [-0.3, -0.25) is 73.6 Å². The van der Waals surface area contributed by atoms with E-state index in [1.54, 1.807) is 50.2 Å². The number of quaternary nitrogens is 1. The van der Waals surface area contributed by atoms with Gasteiger partial charge in [0, 0.05) is 80.4 Å². The number of benzene rings is 5. The molecule has 2 fully saturated rings. The number of nitrogens with one attached hydrogen (secondary N) is 14. The van der Waals surface area contributed by atoms with Crippen molar-refractivity contribution in [3.8, 4) is 0 Å². The fraction of sp³-hybridized carbons (Fsp3) is 0.417. The maximum atomic E-state index is 15.5. The number of hydrogen-bond donors (Lipinski definition) is 17. The van der Waals surface area contributed by atoms with Crippen molar-refractivity contribution in [2.24, 2.45) is 11.7 Å². The fourth-order valence-electron chi connectivity index (χ4n) is 13.4. The minimum absolute atomic E-state index is 0.00514. The number of anilines is 2. The maximum absolute atomic E-state index is 15.5. The molecule has 6 aromatic rings. The van der Waals surface area contributed by atoms with Crippen molar-refractivity contribution < 1.29 is 106 Å². The lowest BCUT2D eigenvalue weighted by Gasteiger charge is -2.31. The topological polar surface area (TPSA) is 555 Å². The third-order valence-corrected chi connectivity index (χ3v) is 20.0. The van der Waals surface area contributed by atoms with E-state index in [0.29, 0.717) is 53.1 Å². The molecule has 1 aromatic heterocycles. The number of likely N-dealkylation sites (tertiary alicyclic amines) is 1. The van der Waals surface area contributed by atoms with Gasteiger partial charge in [-0.1, -0.05) is 124 Å². The molecular weight excluding hydrogens is 1640 g/mol. The molecule has 0 bridgehead atoms.